The van der Waals surface area contributed by atoms with Gasteiger partial charge in [0, 0.05) is 24.7 Å². The first kappa shape index (κ1) is 14.0. The number of benzene rings is 1. The SMILES string of the molecule is CCCS(=O)(=O)N[C@H]1CC(=O)N(c2ccccc2)C1. The number of carbonyl (C=O) groups is 1. The maximum Gasteiger partial charge on any atom is 0.228 e. The van der Waals surface area contributed by atoms with Crippen LogP contribution in [-0.2, 0) is 14.8 Å². The Balaban J connectivity index is 2.04. The van der Waals surface area contributed by atoms with Crippen LogP contribution in [0.1, 0.15) is 19.8 Å². The van der Waals surface area contributed by atoms with Gasteiger partial charge in [0.15, 0.2) is 0 Å². The minimum absolute atomic E-state index is 0.0459. The summed E-state index contributed by atoms with van der Waals surface area (Å²) in [7, 11) is -3.27. The zero-order valence-corrected chi connectivity index (χ0v) is 11.7. The highest BCUT2D eigenvalue weighted by Gasteiger charge is 2.32. The Labute approximate surface area is 113 Å². The van der Waals surface area contributed by atoms with E-state index in [9.17, 15) is 13.2 Å². The largest absolute Gasteiger partial charge is 0.311 e. The number of hydrogen-bond acceptors (Lipinski definition) is 3. The number of rotatable bonds is 5. The molecule has 0 unspecified atom stereocenters. The molecule has 2 rings (SSSR count). The first-order valence-corrected chi connectivity index (χ1v) is 8.02. The Kier molecular flexibility index (Phi) is 4.21. The lowest BCUT2D eigenvalue weighted by molar-refractivity contribution is -0.117. The van der Waals surface area contributed by atoms with Crippen LogP contribution in [0.5, 0.6) is 0 Å². The molecule has 1 fully saturated rings. The Morgan fingerprint density at radius 3 is 2.63 bits per heavy atom. The van der Waals surface area contributed by atoms with Crippen molar-refractivity contribution in [1.82, 2.24) is 4.72 Å². The van der Waals surface area contributed by atoms with Crippen LogP contribution in [0.15, 0.2) is 30.3 Å². The first-order valence-electron chi connectivity index (χ1n) is 6.37. The molecule has 6 heteroatoms. The van der Waals surface area contributed by atoms with Crippen LogP contribution >= 0.6 is 0 Å². The van der Waals surface area contributed by atoms with Gasteiger partial charge in [-0.3, -0.25) is 4.79 Å². The molecule has 1 amide bonds. The van der Waals surface area contributed by atoms with E-state index in [2.05, 4.69) is 4.72 Å². The van der Waals surface area contributed by atoms with Gasteiger partial charge in [-0.15, -0.1) is 0 Å². The van der Waals surface area contributed by atoms with Crippen LogP contribution in [0.2, 0.25) is 0 Å². The van der Waals surface area contributed by atoms with Gasteiger partial charge in [-0.1, -0.05) is 25.1 Å². The molecule has 0 radical (unpaired) electrons. The summed E-state index contributed by atoms with van der Waals surface area (Å²) >= 11 is 0. The van der Waals surface area contributed by atoms with Gasteiger partial charge in [-0.05, 0) is 18.6 Å². The number of nitrogens with one attached hydrogen (secondary N) is 1. The van der Waals surface area contributed by atoms with Gasteiger partial charge in [-0.25, -0.2) is 13.1 Å². The summed E-state index contributed by atoms with van der Waals surface area (Å²) in [6.45, 7) is 2.21. The molecule has 0 saturated carbocycles. The number of para-hydroxylation sites is 1. The summed E-state index contributed by atoms with van der Waals surface area (Å²) in [5.41, 5.74) is 0.810. The van der Waals surface area contributed by atoms with Crippen molar-refractivity contribution in [3.63, 3.8) is 0 Å². The molecular weight excluding hydrogens is 264 g/mol. The number of nitrogens with zero attached hydrogens (tertiary/aromatic N) is 1. The zero-order valence-electron chi connectivity index (χ0n) is 10.9. The highest BCUT2D eigenvalue weighted by atomic mass is 32.2. The molecule has 104 valence electrons. The predicted molar refractivity (Wildman–Crippen MR) is 74.4 cm³/mol. The number of amides is 1. The number of carbonyl (C=O) groups excluding carboxylic acids is 1. The van der Waals surface area contributed by atoms with E-state index >= 15 is 0 Å². The molecule has 0 bridgehead atoms. The standard InChI is InChI=1S/C13H18N2O3S/c1-2-8-19(17,18)14-11-9-13(16)15(10-11)12-6-4-3-5-7-12/h3-7,11,14H,2,8-10H2,1H3/t11-/m0/s1. The van der Waals surface area contributed by atoms with Crippen molar-refractivity contribution in [3.8, 4) is 0 Å². The molecule has 1 aliphatic rings. The average Bonchev–Trinajstić information content (AvgIpc) is 2.70. The fourth-order valence-electron chi connectivity index (χ4n) is 2.23. The van der Waals surface area contributed by atoms with Crippen LogP contribution in [0.4, 0.5) is 5.69 Å². The third-order valence-corrected chi connectivity index (χ3v) is 4.65. The first-order chi connectivity index (χ1) is 9.02. The molecule has 1 aromatic carbocycles. The fourth-order valence-corrected chi connectivity index (χ4v) is 3.55. The Morgan fingerprint density at radius 2 is 2.00 bits per heavy atom. The Hall–Kier alpha value is -1.40. The Bertz CT molecular complexity index is 542. The zero-order chi connectivity index (χ0) is 13.9. The lowest BCUT2D eigenvalue weighted by atomic mass is 10.3. The van der Waals surface area contributed by atoms with Crippen molar-refractivity contribution in [3.05, 3.63) is 30.3 Å². The smallest absolute Gasteiger partial charge is 0.228 e. The third-order valence-electron chi connectivity index (χ3n) is 3.01. The molecule has 0 aromatic heterocycles. The minimum Gasteiger partial charge on any atom is -0.311 e. The average molecular weight is 282 g/mol. The highest BCUT2D eigenvalue weighted by Crippen LogP contribution is 2.21. The monoisotopic (exact) mass is 282 g/mol. The van der Waals surface area contributed by atoms with Gasteiger partial charge >= 0.3 is 0 Å². The quantitative estimate of drug-likeness (QED) is 0.880. The summed E-state index contributed by atoms with van der Waals surface area (Å²) in [4.78, 5) is 13.5. The normalized spacial score (nSPS) is 19.9. The molecule has 1 aromatic rings. The molecule has 0 aliphatic carbocycles. The fraction of sp³-hybridized carbons (Fsp3) is 0.462. The van der Waals surface area contributed by atoms with Gasteiger partial charge in [0.2, 0.25) is 15.9 Å². The molecule has 0 spiro atoms. The Morgan fingerprint density at radius 1 is 1.32 bits per heavy atom. The van der Waals surface area contributed by atoms with Crippen LogP contribution in [0.25, 0.3) is 0 Å². The van der Waals surface area contributed by atoms with E-state index in [0.29, 0.717) is 13.0 Å². The molecule has 1 atom stereocenters. The van der Waals surface area contributed by atoms with E-state index in [-0.39, 0.29) is 24.1 Å². The van der Waals surface area contributed by atoms with Crippen LogP contribution in [0.3, 0.4) is 0 Å². The molecule has 1 saturated heterocycles. The highest BCUT2D eigenvalue weighted by molar-refractivity contribution is 7.89. The van der Waals surface area contributed by atoms with E-state index in [0.717, 1.165) is 5.69 Å². The van der Waals surface area contributed by atoms with E-state index in [1.165, 1.54) is 0 Å². The van der Waals surface area contributed by atoms with Crippen molar-refractivity contribution in [2.24, 2.45) is 0 Å². The van der Waals surface area contributed by atoms with Crippen LogP contribution in [0, 0.1) is 0 Å². The number of hydrogen-bond donors (Lipinski definition) is 1. The van der Waals surface area contributed by atoms with Crippen molar-refractivity contribution >= 4 is 21.6 Å². The molecule has 19 heavy (non-hydrogen) atoms. The van der Waals surface area contributed by atoms with Crippen molar-refractivity contribution in [2.45, 2.75) is 25.8 Å². The van der Waals surface area contributed by atoms with Gasteiger partial charge in [0.05, 0.1) is 5.75 Å². The maximum atomic E-state index is 11.9. The van der Waals surface area contributed by atoms with Crippen molar-refractivity contribution < 1.29 is 13.2 Å². The van der Waals surface area contributed by atoms with E-state index in [4.69, 9.17) is 0 Å². The molecular formula is C13H18N2O3S. The number of anilines is 1. The molecule has 1 heterocycles. The lowest BCUT2D eigenvalue weighted by Crippen LogP contribution is -2.38. The summed E-state index contributed by atoms with van der Waals surface area (Å²) in [5.74, 6) is 0.0543. The van der Waals surface area contributed by atoms with E-state index in [1.807, 2.05) is 37.3 Å². The predicted octanol–water partition coefficient (Wildman–Crippen LogP) is 1.12. The van der Waals surface area contributed by atoms with Gasteiger partial charge in [0.1, 0.15) is 0 Å². The second kappa shape index (κ2) is 5.71. The summed E-state index contributed by atoms with van der Waals surface area (Å²) in [5, 5.41) is 0. The topological polar surface area (TPSA) is 66.5 Å². The minimum atomic E-state index is -3.27. The van der Waals surface area contributed by atoms with Gasteiger partial charge in [0.25, 0.3) is 0 Å². The third kappa shape index (κ3) is 3.54. The summed E-state index contributed by atoms with van der Waals surface area (Å²) in [6, 6.07) is 8.96. The van der Waals surface area contributed by atoms with Crippen LogP contribution < -0.4 is 9.62 Å². The van der Waals surface area contributed by atoms with Gasteiger partial charge < -0.3 is 4.90 Å². The molecule has 1 N–H and O–H groups in total. The van der Waals surface area contributed by atoms with E-state index in [1.54, 1.807) is 4.90 Å². The summed E-state index contributed by atoms with van der Waals surface area (Å²) in [6.07, 6.45) is 0.788. The van der Waals surface area contributed by atoms with Crippen LogP contribution in [-0.4, -0.2) is 32.7 Å². The lowest BCUT2D eigenvalue weighted by Gasteiger charge is -2.17. The van der Waals surface area contributed by atoms with Crippen molar-refractivity contribution in [1.29, 1.82) is 0 Å². The maximum absolute atomic E-state index is 11.9. The van der Waals surface area contributed by atoms with Gasteiger partial charge in [-0.2, -0.15) is 0 Å². The molecule has 5 nitrogen and oxygen atoms in total. The second-order valence-electron chi connectivity index (χ2n) is 4.68. The second-order valence-corrected chi connectivity index (χ2v) is 6.55. The van der Waals surface area contributed by atoms with E-state index < -0.39 is 10.0 Å². The number of sulfonamides is 1. The molecule has 1 aliphatic heterocycles. The summed E-state index contributed by atoms with van der Waals surface area (Å²) < 4.78 is 26.0. The van der Waals surface area contributed by atoms with Crippen molar-refractivity contribution in [2.75, 3.05) is 17.2 Å².